The van der Waals surface area contributed by atoms with E-state index in [4.69, 9.17) is 0 Å². The van der Waals surface area contributed by atoms with E-state index in [0.717, 1.165) is 0 Å². The van der Waals surface area contributed by atoms with E-state index in [2.05, 4.69) is 0 Å². The molecule has 1 aliphatic heterocycles. The Morgan fingerprint density at radius 1 is 1.57 bits per heavy atom. The van der Waals surface area contributed by atoms with Crippen LogP contribution in [0.2, 0.25) is 0 Å². The Kier molecular flexibility index (Phi) is 3.12. The zero-order valence-electron chi connectivity index (χ0n) is 8.89. The SMILES string of the molecule is CC(=O)N1CC[C@](C)(C(F)F)CC1C. The molecule has 1 saturated heterocycles. The number of nitrogens with zero attached hydrogens (tertiary/aromatic N) is 1. The van der Waals surface area contributed by atoms with Crippen LogP contribution in [0.15, 0.2) is 0 Å². The van der Waals surface area contributed by atoms with Gasteiger partial charge in [-0.1, -0.05) is 6.92 Å². The standard InChI is InChI=1S/C10H17F2NO/c1-7-6-10(3,9(11)12)4-5-13(7)8(2)14/h7,9H,4-6H2,1-3H3/t7?,10-/m0/s1. The Morgan fingerprint density at radius 3 is 2.50 bits per heavy atom. The molecule has 0 aromatic carbocycles. The molecular formula is C10H17F2NO. The number of hydrogen-bond acceptors (Lipinski definition) is 1. The van der Waals surface area contributed by atoms with Crippen molar-refractivity contribution in [2.45, 2.75) is 46.1 Å². The first-order valence-electron chi connectivity index (χ1n) is 4.92. The normalized spacial score (nSPS) is 33.6. The molecule has 82 valence electrons. The van der Waals surface area contributed by atoms with Gasteiger partial charge in [0.05, 0.1) is 0 Å². The molecule has 14 heavy (non-hydrogen) atoms. The molecule has 2 atom stereocenters. The number of carbonyl (C=O) groups is 1. The number of alkyl halides is 2. The fourth-order valence-electron chi connectivity index (χ4n) is 2.15. The third-order valence-electron chi connectivity index (χ3n) is 3.15. The van der Waals surface area contributed by atoms with Gasteiger partial charge < -0.3 is 4.90 Å². The van der Waals surface area contributed by atoms with Crippen molar-refractivity contribution in [1.29, 1.82) is 0 Å². The molecule has 1 unspecified atom stereocenters. The minimum absolute atomic E-state index is 0.0196. The van der Waals surface area contributed by atoms with Gasteiger partial charge in [-0.3, -0.25) is 4.79 Å². The summed E-state index contributed by atoms with van der Waals surface area (Å²) in [5.41, 5.74) is -0.911. The topological polar surface area (TPSA) is 20.3 Å². The molecule has 0 aromatic heterocycles. The first kappa shape index (κ1) is 11.4. The highest BCUT2D eigenvalue weighted by Gasteiger charge is 2.41. The van der Waals surface area contributed by atoms with Gasteiger partial charge in [0.15, 0.2) is 0 Å². The van der Waals surface area contributed by atoms with Crippen LogP contribution in [0.5, 0.6) is 0 Å². The monoisotopic (exact) mass is 205 g/mol. The molecule has 1 amide bonds. The molecule has 1 rings (SSSR count). The van der Waals surface area contributed by atoms with E-state index < -0.39 is 11.8 Å². The van der Waals surface area contributed by atoms with Crippen LogP contribution in [-0.2, 0) is 4.79 Å². The van der Waals surface area contributed by atoms with Crippen LogP contribution in [0.25, 0.3) is 0 Å². The zero-order valence-corrected chi connectivity index (χ0v) is 8.89. The van der Waals surface area contributed by atoms with Gasteiger partial charge in [0.25, 0.3) is 0 Å². The summed E-state index contributed by atoms with van der Waals surface area (Å²) in [6, 6.07) is -0.0692. The Labute approximate surface area is 83.3 Å². The summed E-state index contributed by atoms with van der Waals surface area (Å²) in [5, 5.41) is 0. The Balaban J connectivity index is 2.67. The Bertz CT molecular complexity index is 232. The van der Waals surface area contributed by atoms with Crippen molar-refractivity contribution in [2.24, 2.45) is 5.41 Å². The second-order valence-corrected chi connectivity index (χ2v) is 4.47. The molecule has 1 fully saturated rings. The van der Waals surface area contributed by atoms with Gasteiger partial charge in [-0.25, -0.2) is 8.78 Å². The number of piperidine rings is 1. The molecular weight excluding hydrogens is 188 g/mol. The summed E-state index contributed by atoms with van der Waals surface area (Å²) in [6.07, 6.45) is -1.50. The summed E-state index contributed by atoms with van der Waals surface area (Å²) in [7, 11) is 0. The van der Waals surface area contributed by atoms with E-state index in [9.17, 15) is 13.6 Å². The lowest BCUT2D eigenvalue weighted by molar-refractivity contribution is -0.137. The predicted octanol–water partition coefficient (Wildman–Crippen LogP) is 2.29. The molecule has 1 heterocycles. The summed E-state index contributed by atoms with van der Waals surface area (Å²) >= 11 is 0. The van der Waals surface area contributed by atoms with E-state index >= 15 is 0 Å². The summed E-state index contributed by atoms with van der Waals surface area (Å²) in [5.74, 6) is -0.0196. The highest BCUT2D eigenvalue weighted by molar-refractivity contribution is 5.73. The van der Waals surface area contributed by atoms with E-state index in [1.807, 2.05) is 6.92 Å². The van der Waals surface area contributed by atoms with Crippen LogP contribution in [0.4, 0.5) is 8.78 Å². The van der Waals surface area contributed by atoms with Gasteiger partial charge in [0, 0.05) is 24.9 Å². The van der Waals surface area contributed by atoms with Crippen molar-refractivity contribution in [3.63, 3.8) is 0 Å². The zero-order chi connectivity index (χ0) is 10.9. The molecule has 2 nitrogen and oxygen atoms in total. The lowest BCUT2D eigenvalue weighted by atomic mass is 9.77. The van der Waals surface area contributed by atoms with Gasteiger partial charge >= 0.3 is 0 Å². The van der Waals surface area contributed by atoms with Crippen molar-refractivity contribution in [3.8, 4) is 0 Å². The van der Waals surface area contributed by atoms with Crippen LogP contribution < -0.4 is 0 Å². The molecule has 4 heteroatoms. The Morgan fingerprint density at radius 2 is 2.14 bits per heavy atom. The summed E-state index contributed by atoms with van der Waals surface area (Å²) in [6.45, 7) is 5.38. The lowest BCUT2D eigenvalue weighted by Gasteiger charge is -2.42. The van der Waals surface area contributed by atoms with E-state index in [1.54, 1.807) is 11.8 Å². The highest BCUT2D eigenvalue weighted by atomic mass is 19.3. The van der Waals surface area contributed by atoms with Gasteiger partial charge in [-0.05, 0) is 19.8 Å². The van der Waals surface area contributed by atoms with E-state index in [-0.39, 0.29) is 11.9 Å². The fourth-order valence-corrected chi connectivity index (χ4v) is 2.15. The maximum Gasteiger partial charge on any atom is 0.244 e. The molecule has 0 saturated carbocycles. The van der Waals surface area contributed by atoms with Crippen molar-refractivity contribution < 1.29 is 13.6 Å². The average molecular weight is 205 g/mol. The molecule has 0 radical (unpaired) electrons. The van der Waals surface area contributed by atoms with Gasteiger partial charge in [-0.15, -0.1) is 0 Å². The van der Waals surface area contributed by atoms with Crippen molar-refractivity contribution in [1.82, 2.24) is 4.90 Å². The van der Waals surface area contributed by atoms with Crippen molar-refractivity contribution in [2.75, 3.05) is 6.54 Å². The number of hydrogen-bond donors (Lipinski definition) is 0. The lowest BCUT2D eigenvalue weighted by Crippen LogP contribution is -2.49. The van der Waals surface area contributed by atoms with Crippen LogP contribution in [0.1, 0.15) is 33.6 Å². The molecule has 0 spiro atoms. The van der Waals surface area contributed by atoms with Crippen LogP contribution in [0.3, 0.4) is 0 Å². The van der Waals surface area contributed by atoms with Gasteiger partial charge in [-0.2, -0.15) is 0 Å². The highest BCUT2D eigenvalue weighted by Crippen LogP contribution is 2.39. The quantitative estimate of drug-likeness (QED) is 0.643. The average Bonchev–Trinajstić information content (AvgIpc) is 2.02. The Hall–Kier alpha value is -0.670. The first-order chi connectivity index (χ1) is 6.37. The fraction of sp³-hybridized carbons (Fsp3) is 0.900. The van der Waals surface area contributed by atoms with Crippen LogP contribution >= 0.6 is 0 Å². The minimum Gasteiger partial charge on any atom is -0.340 e. The minimum atomic E-state index is -2.29. The van der Waals surface area contributed by atoms with Gasteiger partial charge in [0.1, 0.15) is 0 Å². The number of amides is 1. The number of likely N-dealkylation sites (tertiary alicyclic amines) is 1. The second-order valence-electron chi connectivity index (χ2n) is 4.47. The number of halogens is 2. The first-order valence-corrected chi connectivity index (χ1v) is 4.92. The van der Waals surface area contributed by atoms with Crippen molar-refractivity contribution >= 4 is 5.91 Å². The molecule has 0 aliphatic carbocycles. The molecule has 0 bridgehead atoms. The summed E-state index contributed by atoms with van der Waals surface area (Å²) in [4.78, 5) is 12.8. The van der Waals surface area contributed by atoms with Gasteiger partial charge in [0.2, 0.25) is 12.3 Å². The van der Waals surface area contributed by atoms with Crippen molar-refractivity contribution in [3.05, 3.63) is 0 Å². The second kappa shape index (κ2) is 3.83. The molecule has 0 N–H and O–H groups in total. The maximum absolute atomic E-state index is 12.7. The largest absolute Gasteiger partial charge is 0.340 e. The van der Waals surface area contributed by atoms with Crippen LogP contribution in [-0.4, -0.2) is 29.8 Å². The third-order valence-corrected chi connectivity index (χ3v) is 3.15. The maximum atomic E-state index is 12.7. The van der Waals surface area contributed by atoms with Crippen LogP contribution in [0, 0.1) is 5.41 Å². The van der Waals surface area contributed by atoms with E-state index in [0.29, 0.717) is 19.4 Å². The number of carbonyl (C=O) groups excluding carboxylic acids is 1. The summed E-state index contributed by atoms with van der Waals surface area (Å²) < 4.78 is 25.4. The third kappa shape index (κ3) is 2.04. The van der Waals surface area contributed by atoms with E-state index in [1.165, 1.54) is 6.92 Å². The molecule has 1 aliphatic rings. The number of rotatable bonds is 1. The molecule has 0 aromatic rings. The predicted molar refractivity (Wildman–Crippen MR) is 50.2 cm³/mol. The smallest absolute Gasteiger partial charge is 0.244 e.